The van der Waals surface area contributed by atoms with E-state index in [9.17, 15) is 9.59 Å². The molecule has 0 radical (unpaired) electrons. The van der Waals surface area contributed by atoms with Crippen molar-refractivity contribution in [2.45, 2.75) is 32.7 Å². The zero-order valence-electron chi connectivity index (χ0n) is 11.4. The van der Waals surface area contributed by atoms with Gasteiger partial charge in [-0.3, -0.25) is 0 Å². The first-order valence-electron chi connectivity index (χ1n) is 6.16. The van der Waals surface area contributed by atoms with Crippen LogP contribution in [0.4, 0.5) is 4.79 Å². The number of aliphatic carboxylic acids is 1. The first-order valence-corrected chi connectivity index (χ1v) is 6.16. The number of likely N-dealkylation sites (N-methyl/N-ethyl adjacent to an activating group) is 1. The van der Waals surface area contributed by atoms with Gasteiger partial charge >= 0.3 is 12.0 Å². The highest BCUT2D eigenvalue weighted by Gasteiger charge is 2.36. The molecule has 0 aliphatic rings. The van der Waals surface area contributed by atoms with E-state index in [1.165, 1.54) is 18.7 Å². The number of aromatic amines is 1. The smallest absolute Gasteiger partial charge is 0.329 e. The van der Waals surface area contributed by atoms with Gasteiger partial charge in [0.2, 0.25) is 0 Å². The third-order valence-electron chi connectivity index (χ3n) is 2.95. The van der Waals surface area contributed by atoms with E-state index in [1.54, 1.807) is 19.3 Å². The van der Waals surface area contributed by atoms with Crippen molar-refractivity contribution in [1.82, 2.24) is 20.2 Å². The Morgan fingerprint density at radius 1 is 1.53 bits per heavy atom. The topological polar surface area (TPSA) is 98.3 Å². The molecular weight excluding hydrogens is 248 g/mol. The van der Waals surface area contributed by atoms with Crippen molar-refractivity contribution in [2.75, 3.05) is 13.1 Å². The summed E-state index contributed by atoms with van der Waals surface area (Å²) in [5.41, 5.74) is -1.23. The lowest BCUT2D eigenvalue weighted by atomic mass is 10.0. The summed E-state index contributed by atoms with van der Waals surface area (Å²) in [5.74, 6) is -0.253. The first kappa shape index (κ1) is 15.0. The average molecular weight is 268 g/mol. The number of H-pyrrole nitrogens is 1. The summed E-state index contributed by atoms with van der Waals surface area (Å²) >= 11 is 0. The van der Waals surface area contributed by atoms with E-state index in [1.807, 2.05) is 0 Å². The SMILES string of the molecule is CCN(C(=O)NCCc1ncc[nH]1)C(C)(C)C(=O)O. The lowest BCUT2D eigenvalue weighted by molar-refractivity contribution is -0.147. The predicted molar refractivity (Wildman–Crippen MR) is 69.8 cm³/mol. The maximum Gasteiger partial charge on any atom is 0.329 e. The van der Waals surface area contributed by atoms with Crippen molar-refractivity contribution in [2.24, 2.45) is 0 Å². The van der Waals surface area contributed by atoms with E-state index in [0.717, 1.165) is 5.82 Å². The lowest BCUT2D eigenvalue weighted by Crippen LogP contribution is -2.56. The Hall–Kier alpha value is -2.05. The Morgan fingerprint density at radius 2 is 2.21 bits per heavy atom. The molecule has 1 rings (SSSR count). The molecule has 0 bridgehead atoms. The van der Waals surface area contributed by atoms with E-state index < -0.39 is 11.5 Å². The van der Waals surface area contributed by atoms with Crippen LogP contribution in [0.2, 0.25) is 0 Å². The fourth-order valence-corrected chi connectivity index (χ4v) is 1.73. The van der Waals surface area contributed by atoms with E-state index >= 15 is 0 Å². The van der Waals surface area contributed by atoms with Crippen molar-refractivity contribution < 1.29 is 14.7 Å². The Bertz CT molecular complexity index is 428. The number of imidazole rings is 1. The van der Waals surface area contributed by atoms with Crippen LogP contribution in [0.25, 0.3) is 0 Å². The monoisotopic (exact) mass is 268 g/mol. The number of carbonyl (C=O) groups is 2. The second-order valence-corrected chi connectivity index (χ2v) is 4.63. The van der Waals surface area contributed by atoms with Crippen molar-refractivity contribution in [1.29, 1.82) is 0 Å². The molecule has 3 N–H and O–H groups in total. The minimum atomic E-state index is -1.23. The number of hydrogen-bond acceptors (Lipinski definition) is 3. The number of carboxylic acid groups (broad SMARTS) is 1. The van der Waals surface area contributed by atoms with Gasteiger partial charge in [-0.05, 0) is 20.8 Å². The Labute approximate surface area is 112 Å². The van der Waals surface area contributed by atoms with E-state index in [4.69, 9.17) is 5.11 Å². The number of urea groups is 1. The summed E-state index contributed by atoms with van der Waals surface area (Å²) in [5, 5.41) is 11.8. The Balaban J connectivity index is 2.52. The summed E-state index contributed by atoms with van der Waals surface area (Å²) in [6, 6.07) is -0.388. The van der Waals surface area contributed by atoms with E-state index in [2.05, 4.69) is 15.3 Å². The Morgan fingerprint density at radius 3 is 2.68 bits per heavy atom. The molecule has 0 aromatic carbocycles. The van der Waals surface area contributed by atoms with Gasteiger partial charge in [0.15, 0.2) is 0 Å². The third kappa shape index (κ3) is 3.70. The van der Waals surface area contributed by atoms with Crippen LogP contribution >= 0.6 is 0 Å². The van der Waals surface area contributed by atoms with Gasteiger partial charge in [0.1, 0.15) is 11.4 Å². The van der Waals surface area contributed by atoms with Gasteiger partial charge in [-0.15, -0.1) is 0 Å². The molecule has 106 valence electrons. The molecule has 1 aromatic heterocycles. The van der Waals surface area contributed by atoms with Crippen LogP contribution in [0.5, 0.6) is 0 Å². The largest absolute Gasteiger partial charge is 0.480 e. The van der Waals surface area contributed by atoms with Crippen LogP contribution in [0.15, 0.2) is 12.4 Å². The number of carbonyl (C=O) groups excluding carboxylic acids is 1. The van der Waals surface area contributed by atoms with Gasteiger partial charge in [0, 0.05) is 31.9 Å². The van der Waals surface area contributed by atoms with Crippen molar-refractivity contribution in [3.05, 3.63) is 18.2 Å². The van der Waals surface area contributed by atoms with Gasteiger partial charge < -0.3 is 20.3 Å². The number of rotatable bonds is 6. The number of hydrogen-bond donors (Lipinski definition) is 3. The highest BCUT2D eigenvalue weighted by Crippen LogP contribution is 2.14. The summed E-state index contributed by atoms with van der Waals surface area (Å²) in [4.78, 5) is 31.4. The molecule has 0 aliphatic carbocycles. The van der Waals surface area contributed by atoms with Gasteiger partial charge in [0.05, 0.1) is 0 Å². The molecule has 19 heavy (non-hydrogen) atoms. The molecule has 0 unspecified atom stereocenters. The van der Waals surface area contributed by atoms with Crippen LogP contribution in [-0.4, -0.2) is 50.6 Å². The minimum Gasteiger partial charge on any atom is -0.480 e. The summed E-state index contributed by atoms with van der Waals surface area (Å²) in [6.45, 7) is 5.48. The quantitative estimate of drug-likeness (QED) is 0.712. The van der Waals surface area contributed by atoms with Crippen LogP contribution < -0.4 is 5.32 Å². The molecule has 1 heterocycles. The number of carboxylic acids is 1. The van der Waals surface area contributed by atoms with Crippen molar-refractivity contribution in [3.8, 4) is 0 Å². The second-order valence-electron chi connectivity index (χ2n) is 4.63. The average Bonchev–Trinajstić information content (AvgIpc) is 2.82. The normalized spacial score (nSPS) is 11.1. The maximum atomic E-state index is 12.0. The van der Waals surface area contributed by atoms with Gasteiger partial charge in [-0.25, -0.2) is 14.6 Å². The molecule has 2 amide bonds. The highest BCUT2D eigenvalue weighted by atomic mass is 16.4. The fraction of sp³-hybridized carbons (Fsp3) is 0.583. The molecular formula is C12H20N4O3. The molecule has 7 nitrogen and oxygen atoms in total. The minimum absolute atomic E-state index is 0.325. The van der Waals surface area contributed by atoms with Crippen LogP contribution in [0, 0.1) is 0 Å². The van der Waals surface area contributed by atoms with Crippen LogP contribution in [0.3, 0.4) is 0 Å². The van der Waals surface area contributed by atoms with Crippen molar-refractivity contribution in [3.63, 3.8) is 0 Å². The van der Waals surface area contributed by atoms with Crippen LogP contribution in [0.1, 0.15) is 26.6 Å². The molecule has 0 saturated carbocycles. The summed E-state index contributed by atoms with van der Waals surface area (Å²) in [7, 11) is 0. The highest BCUT2D eigenvalue weighted by molar-refractivity contribution is 5.85. The molecule has 0 aliphatic heterocycles. The number of aromatic nitrogens is 2. The molecule has 0 saturated heterocycles. The summed E-state index contributed by atoms with van der Waals surface area (Å²) < 4.78 is 0. The van der Waals surface area contributed by atoms with Gasteiger partial charge in [0.25, 0.3) is 0 Å². The summed E-state index contributed by atoms with van der Waals surface area (Å²) in [6.07, 6.45) is 3.93. The number of nitrogens with zero attached hydrogens (tertiary/aromatic N) is 2. The molecule has 0 fully saturated rings. The number of nitrogens with one attached hydrogen (secondary N) is 2. The second kappa shape index (κ2) is 6.21. The third-order valence-corrected chi connectivity index (χ3v) is 2.95. The van der Waals surface area contributed by atoms with Crippen molar-refractivity contribution >= 4 is 12.0 Å². The Kier molecular flexibility index (Phi) is 4.91. The van der Waals surface area contributed by atoms with Gasteiger partial charge in [-0.2, -0.15) is 0 Å². The standard InChI is InChI=1S/C12H20N4O3/c1-4-16(12(2,3)10(17)18)11(19)15-6-5-9-13-7-8-14-9/h7-8H,4-6H2,1-3H3,(H,13,14)(H,15,19)(H,17,18). The lowest BCUT2D eigenvalue weighted by Gasteiger charge is -2.34. The molecule has 1 aromatic rings. The van der Waals surface area contributed by atoms with E-state index in [-0.39, 0.29) is 6.03 Å². The molecule has 7 heteroatoms. The van der Waals surface area contributed by atoms with Crippen LogP contribution in [-0.2, 0) is 11.2 Å². The predicted octanol–water partition coefficient (Wildman–Crippen LogP) is 0.847. The molecule has 0 spiro atoms. The van der Waals surface area contributed by atoms with Gasteiger partial charge in [-0.1, -0.05) is 0 Å². The van der Waals surface area contributed by atoms with E-state index in [0.29, 0.717) is 19.5 Å². The fourth-order valence-electron chi connectivity index (χ4n) is 1.73. The zero-order chi connectivity index (χ0) is 14.5. The number of amides is 2. The molecule has 0 atom stereocenters. The first-order chi connectivity index (χ1) is 8.89. The zero-order valence-corrected chi connectivity index (χ0v) is 11.4. The maximum absolute atomic E-state index is 12.0.